The fourth-order valence-corrected chi connectivity index (χ4v) is 3.28. The first-order valence-electron chi connectivity index (χ1n) is 5.54. The van der Waals surface area contributed by atoms with Crippen molar-refractivity contribution in [3.63, 3.8) is 0 Å². The van der Waals surface area contributed by atoms with Gasteiger partial charge in [-0.2, -0.15) is 0 Å². The maximum atomic E-state index is 12.3. The van der Waals surface area contributed by atoms with Crippen LogP contribution in [-0.2, 0) is 0 Å². The summed E-state index contributed by atoms with van der Waals surface area (Å²) in [6, 6.07) is 13.2. The van der Waals surface area contributed by atoms with E-state index in [1.165, 1.54) is 11.5 Å². The van der Waals surface area contributed by atoms with Crippen LogP contribution in [0.25, 0.3) is 15.8 Å². The van der Waals surface area contributed by atoms with Gasteiger partial charge < -0.3 is 0 Å². The lowest BCUT2D eigenvalue weighted by atomic mass is 10.2. The Labute approximate surface area is 113 Å². The van der Waals surface area contributed by atoms with Gasteiger partial charge in [-0.1, -0.05) is 35.3 Å². The van der Waals surface area contributed by atoms with Gasteiger partial charge in [-0.3, -0.25) is 4.79 Å². The zero-order valence-corrected chi connectivity index (χ0v) is 11.3. The first-order chi connectivity index (χ1) is 8.66. The molecule has 90 valence electrons. The number of aromatic nitrogens is 1. The Morgan fingerprint density at radius 3 is 2.67 bits per heavy atom. The fraction of sp³-hybridized carbons (Fsp3) is 0.0714. The monoisotopic (exact) mass is 275 g/mol. The third-order valence-corrected chi connectivity index (χ3v) is 4.20. The lowest BCUT2D eigenvalue weighted by Gasteiger charge is -2.04. The summed E-state index contributed by atoms with van der Waals surface area (Å²) < 4.78 is 2.72. The van der Waals surface area contributed by atoms with Crippen LogP contribution < -0.4 is 5.56 Å². The minimum Gasteiger partial charge on any atom is -0.267 e. The highest BCUT2D eigenvalue weighted by Gasteiger charge is 2.10. The van der Waals surface area contributed by atoms with Gasteiger partial charge in [0.25, 0.3) is 5.56 Å². The van der Waals surface area contributed by atoms with Gasteiger partial charge in [0.2, 0.25) is 0 Å². The average molecular weight is 276 g/mol. The number of rotatable bonds is 1. The van der Waals surface area contributed by atoms with Gasteiger partial charge in [0.15, 0.2) is 0 Å². The number of benzene rings is 2. The molecule has 0 saturated carbocycles. The third kappa shape index (κ3) is 1.76. The van der Waals surface area contributed by atoms with E-state index in [0.29, 0.717) is 5.02 Å². The standard InChI is InChI=1S/C14H10ClNOS/c1-9-8-10(15)6-7-12(9)16-14(17)11-4-2-3-5-13(11)18-16/h2-8H,1H3. The third-order valence-electron chi connectivity index (χ3n) is 2.87. The van der Waals surface area contributed by atoms with E-state index in [4.69, 9.17) is 11.6 Å². The van der Waals surface area contributed by atoms with Crippen molar-refractivity contribution in [2.45, 2.75) is 6.92 Å². The number of hydrogen-bond acceptors (Lipinski definition) is 2. The summed E-state index contributed by atoms with van der Waals surface area (Å²) in [5.41, 5.74) is 1.92. The van der Waals surface area contributed by atoms with Gasteiger partial charge in [-0.25, -0.2) is 3.96 Å². The summed E-state index contributed by atoms with van der Waals surface area (Å²) in [5, 5.41) is 1.45. The largest absolute Gasteiger partial charge is 0.273 e. The Balaban J connectivity index is 2.32. The van der Waals surface area contributed by atoms with Crippen molar-refractivity contribution in [2.24, 2.45) is 0 Å². The Kier molecular flexibility index (Phi) is 2.73. The molecule has 0 bridgehead atoms. The van der Waals surface area contributed by atoms with Crippen molar-refractivity contribution in [3.05, 3.63) is 63.4 Å². The summed E-state index contributed by atoms with van der Waals surface area (Å²) in [5.74, 6) is 0. The van der Waals surface area contributed by atoms with E-state index in [2.05, 4.69) is 0 Å². The number of hydrogen-bond donors (Lipinski definition) is 0. The van der Waals surface area contributed by atoms with E-state index in [1.54, 1.807) is 10.0 Å². The maximum Gasteiger partial charge on any atom is 0.273 e. The number of fused-ring (bicyclic) bond motifs is 1. The molecule has 0 atom stereocenters. The van der Waals surface area contributed by atoms with Gasteiger partial charge in [-0.15, -0.1) is 0 Å². The van der Waals surface area contributed by atoms with E-state index in [0.717, 1.165) is 21.3 Å². The summed E-state index contributed by atoms with van der Waals surface area (Å²) in [6.45, 7) is 1.96. The van der Waals surface area contributed by atoms with E-state index in [9.17, 15) is 4.79 Å². The molecule has 3 rings (SSSR count). The Morgan fingerprint density at radius 1 is 1.17 bits per heavy atom. The van der Waals surface area contributed by atoms with E-state index < -0.39 is 0 Å². The summed E-state index contributed by atoms with van der Waals surface area (Å²) >= 11 is 7.40. The molecule has 4 heteroatoms. The Bertz CT molecular complexity index is 788. The molecule has 2 aromatic carbocycles. The first-order valence-corrected chi connectivity index (χ1v) is 6.69. The summed E-state index contributed by atoms with van der Waals surface area (Å²) in [7, 11) is 0. The summed E-state index contributed by atoms with van der Waals surface area (Å²) in [4.78, 5) is 12.3. The van der Waals surface area contributed by atoms with Gasteiger partial charge in [0.1, 0.15) is 0 Å². The topological polar surface area (TPSA) is 22.0 Å². The molecule has 0 unspecified atom stereocenters. The second kappa shape index (κ2) is 4.26. The quantitative estimate of drug-likeness (QED) is 0.658. The highest BCUT2D eigenvalue weighted by atomic mass is 35.5. The molecule has 0 amide bonds. The molecule has 18 heavy (non-hydrogen) atoms. The van der Waals surface area contributed by atoms with Crippen LogP contribution in [0.3, 0.4) is 0 Å². The normalized spacial score (nSPS) is 11.0. The van der Waals surface area contributed by atoms with Crippen LogP contribution in [0, 0.1) is 6.92 Å². The second-order valence-electron chi connectivity index (χ2n) is 4.12. The fourth-order valence-electron chi connectivity index (χ4n) is 1.98. The van der Waals surface area contributed by atoms with Crippen LogP contribution in [0.5, 0.6) is 0 Å². The highest BCUT2D eigenvalue weighted by Crippen LogP contribution is 2.23. The molecular weight excluding hydrogens is 266 g/mol. The zero-order chi connectivity index (χ0) is 12.7. The smallest absolute Gasteiger partial charge is 0.267 e. The second-order valence-corrected chi connectivity index (χ2v) is 5.54. The predicted octanol–water partition coefficient (Wildman–Crippen LogP) is 4.01. The molecule has 0 aliphatic rings. The molecule has 3 aromatic rings. The molecule has 1 heterocycles. The molecular formula is C14H10ClNOS. The zero-order valence-electron chi connectivity index (χ0n) is 9.68. The number of aryl methyl sites for hydroxylation is 1. The highest BCUT2D eigenvalue weighted by molar-refractivity contribution is 7.14. The molecule has 0 fully saturated rings. The number of nitrogens with zero attached hydrogens (tertiary/aromatic N) is 1. The predicted molar refractivity (Wildman–Crippen MR) is 77.2 cm³/mol. The Hall–Kier alpha value is -1.58. The molecule has 0 saturated heterocycles. The lowest BCUT2D eigenvalue weighted by molar-refractivity contribution is 1.12. The summed E-state index contributed by atoms with van der Waals surface area (Å²) in [6.07, 6.45) is 0. The molecule has 0 N–H and O–H groups in total. The molecule has 0 spiro atoms. The molecule has 0 radical (unpaired) electrons. The van der Waals surface area contributed by atoms with Crippen molar-refractivity contribution < 1.29 is 0 Å². The van der Waals surface area contributed by atoms with Crippen LogP contribution in [0.1, 0.15) is 5.56 Å². The first kappa shape index (κ1) is 11.5. The molecule has 2 nitrogen and oxygen atoms in total. The average Bonchev–Trinajstić information content (AvgIpc) is 2.68. The van der Waals surface area contributed by atoms with Crippen molar-refractivity contribution in [2.75, 3.05) is 0 Å². The van der Waals surface area contributed by atoms with Crippen LogP contribution in [0.4, 0.5) is 0 Å². The number of halogens is 1. The van der Waals surface area contributed by atoms with Crippen LogP contribution in [-0.4, -0.2) is 3.96 Å². The van der Waals surface area contributed by atoms with Crippen molar-refractivity contribution in [1.29, 1.82) is 0 Å². The molecule has 0 aliphatic heterocycles. The lowest BCUT2D eigenvalue weighted by Crippen LogP contribution is -2.11. The van der Waals surface area contributed by atoms with E-state index >= 15 is 0 Å². The minimum absolute atomic E-state index is 0.0287. The maximum absolute atomic E-state index is 12.3. The van der Waals surface area contributed by atoms with Crippen molar-refractivity contribution in [1.82, 2.24) is 3.96 Å². The molecule has 1 aromatic heterocycles. The van der Waals surface area contributed by atoms with Crippen LogP contribution in [0.2, 0.25) is 5.02 Å². The van der Waals surface area contributed by atoms with Gasteiger partial charge in [-0.05, 0) is 42.8 Å². The van der Waals surface area contributed by atoms with Gasteiger partial charge >= 0.3 is 0 Å². The van der Waals surface area contributed by atoms with Crippen LogP contribution in [0.15, 0.2) is 47.3 Å². The van der Waals surface area contributed by atoms with Crippen molar-refractivity contribution in [3.8, 4) is 5.69 Å². The SMILES string of the molecule is Cc1cc(Cl)ccc1-n1sc2ccccc2c1=O. The van der Waals surface area contributed by atoms with Crippen LogP contribution >= 0.6 is 23.1 Å². The van der Waals surface area contributed by atoms with Gasteiger partial charge in [0.05, 0.1) is 15.8 Å². The minimum atomic E-state index is 0.0287. The Morgan fingerprint density at radius 2 is 1.94 bits per heavy atom. The van der Waals surface area contributed by atoms with Gasteiger partial charge in [0, 0.05) is 5.02 Å². The molecule has 0 aliphatic carbocycles. The van der Waals surface area contributed by atoms with E-state index in [-0.39, 0.29) is 5.56 Å². The van der Waals surface area contributed by atoms with Crippen molar-refractivity contribution >= 4 is 33.2 Å². The van der Waals surface area contributed by atoms with E-state index in [1.807, 2.05) is 43.3 Å².